The maximum atomic E-state index is 11.1. The molecule has 2 rings (SSSR count). The highest BCUT2D eigenvalue weighted by molar-refractivity contribution is 5.84. The second-order valence-electron chi connectivity index (χ2n) is 3.27. The number of carbonyl (C=O) groups excluding carboxylic acids is 1. The third kappa shape index (κ3) is 1.93. The van der Waals surface area contributed by atoms with Gasteiger partial charge in [-0.15, -0.1) is 10.2 Å². The van der Waals surface area contributed by atoms with Crippen molar-refractivity contribution in [2.75, 3.05) is 7.11 Å². The zero-order valence-corrected chi connectivity index (χ0v) is 8.93. The number of aromatic nitrogens is 2. The van der Waals surface area contributed by atoms with Crippen LogP contribution in [0.1, 0.15) is 16.2 Å². The third-order valence-corrected chi connectivity index (χ3v) is 2.08. The molecule has 0 amide bonds. The predicted octanol–water partition coefficient (Wildman–Crippen LogP) is 1.83. The van der Waals surface area contributed by atoms with Gasteiger partial charge in [0, 0.05) is 5.56 Å². The van der Waals surface area contributed by atoms with Gasteiger partial charge in [0.2, 0.25) is 5.89 Å². The highest BCUT2D eigenvalue weighted by Crippen LogP contribution is 2.18. The Kier molecular flexibility index (Phi) is 2.68. The lowest BCUT2D eigenvalue weighted by Gasteiger charge is -1.95. The number of aryl methyl sites for hydroxylation is 1. The number of hydrogen-bond donors (Lipinski definition) is 0. The minimum Gasteiger partial charge on any atom is -0.462 e. The van der Waals surface area contributed by atoms with Crippen molar-refractivity contribution in [2.45, 2.75) is 6.92 Å². The van der Waals surface area contributed by atoms with E-state index < -0.39 is 5.97 Å². The number of carbonyl (C=O) groups is 1. The molecule has 0 atom stereocenters. The number of methoxy groups -OCH3 is 1. The summed E-state index contributed by atoms with van der Waals surface area (Å²) in [7, 11) is 1.26. The molecule has 5 nitrogen and oxygen atoms in total. The van der Waals surface area contributed by atoms with Crippen molar-refractivity contribution >= 4 is 5.97 Å². The number of rotatable bonds is 2. The molecule has 1 aromatic carbocycles. The lowest BCUT2D eigenvalue weighted by molar-refractivity contribution is 0.0556. The van der Waals surface area contributed by atoms with Crippen molar-refractivity contribution in [3.8, 4) is 11.5 Å². The van der Waals surface area contributed by atoms with Gasteiger partial charge in [0.05, 0.1) is 7.11 Å². The lowest BCUT2D eigenvalue weighted by Crippen LogP contribution is -2.00. The van der Waals surface area contributed by atoms with Crippen LogP contribution in [0.15, 0.2) is 28.7 Å². The number of hydrogen-bond acceptors (Lipinski definition) is 5. The molecule has 0 aliphatic rings. The van der Waals surface area contributed by atoms with Gasteiger partial charge >= 0.3 is 11.9 Å². The van der Waals surface area contributed by atoms with E-state index in [1.807, 2.05) is 31.2 Å². The third-order valence-electron chi connectivity index (χ3n) is 2.08. The molecule has 0 bridgehead atoms. The molecular weight excluding hydrogens is 208 g/mol. The van der Waals surface area contributed by atoms with Crippen molar-refractivity contribution in [1.82, 2.24) is 10.2 Å². The Morgan fingerprint density at radius 2 is 1.94 bits per heavy atom. The summed E-state index contributed by atoms with van der Waals surface area (Å²) in [5.74, 6) is -0.468. The van der Waals surface area contributed by atoms with Gasteiger partial charge in [-0.05, 0) is 19.1 Å². The van der Waals surface area contributed by atoms with Gasteiger partial charge in [-0.2, -0.15) is 0 Å². The van der Waals surface area contributed by atoms with Crippen LogP contribution in [0.3, 0.4) is 0 Å². The highest BCUT2D eigenvalue weighted by atomic mass is 16.5. The minimum atomic E-state index is -0.633. The fourth-order valence-electron chi connectivity index (χ4n) is 1.21. The molecule has 0 radical (unpaired) electrons. The predicted molar refractivity (Wildman–Crippen MR) is 55.8 cm³/mol. The van der Waals surface area contributed by atoms with E-state index in [9.17, 15) is 4.79 Å². The van der Waals surface area contributed by atoms with Crippen LogP contribution in [0, 0.1) is 6.92 Å². The maximum Gasteiger partial charge on any atom is 0.396 e. The highest BCUT2D eigenvalue weighted by Gasteiger charge is 2.15. The molecule has 1 heterocycles. The smallest absolute Gasteiger partial charge is 0.396 e. The first-order valence-electron chi connectivity index (χ1n) is 4.69. The van der Waals surface area contributed by atoms with Crippen molar-refractivity contribution in [2.24, 2.45) is 0 Å². The van der Waals surface area contributed by atoms with E-state index >= 15 is 0 Å². The van der Waals surface area contributed by atoms with Crippen LogP contribution in [0.25, 0.3) is 11.5 Å². The molecular formula is C11H10N2O3. The SMILES string of the molecule is COC(=O)c1nnc(-c2ccc(C)cc2)o1. The maximum absolute atomic E-state index is 11.1. The first kappa shape index (κ1) is 10.4. The van der Waals surface area contributed by atoms with Crippen molar-refractivity contribution in [3.63, 3.8) is 0 Å². The van der Waals surface area contributed by atoms with Gasteiger partial charge in [-0.3, -0.25) is 0 Å². The van der Waals surface area contributed by atoms with E-state index in [1.54, 1.807) is 0 Å². The summed E-state index contributed by atoms with van der Waals surface area (Å²) in [4.78, 5) is 11.1. The van der Waals surface area contributed by atoms with E-state index in [0.717, 1.165) is 11.1 Å². The average molecular weight is 218 g/mol. The number of esters is 1. The molecule has 0 aliphatic heterocycles. The molecule has 1 aromatic heterocycles. The largest absolute Gasteiger partial charge is 0.462 e. The second kappa shape index (κ2) is 4.14. The number of ether oxygens (including phenoxy) is 1. The van der Waals surface area contributed by atoms with E-state index in [1.165, 1.54) is 7.11 Å². The minimum absolute atomic E-state index is 0.141. The first-order valence-corrected chi connectivity index (χ1v) is 4.69. The Morgan fingerprint density at radius 3 is 2.56 bits per heavy atom. The van der Waals surface area contributed by atoms with Crippen LogP contribution in [0.5, 0.6) is 0 Å². The normalized spacial score (nSPS) is 10.1. The van der Waals surface area contributed by atoms with Gasteiger partial charge in [0.1, 0.15) is 0 Å². The zero-order chi connectivity index (χ0) is 11.5. The fourth-order valence-corrected chi connectivity index (χ4v) is 1.21. The zero-order valence-electron chi connectivity index (χ0n) is 8.93. The Morgan fingerprint density at radius 1 is 1.25 bits per heavy atom. The summed E-state index contributed by atoms with van der Waals surface area (Å²) in [5, 5.41) is 7.36. The Bertz CT molecular complexity index is 502. The van der Waals surface area contributed by atoms with Crippen LogP contribution in [0.4, 0.5) is 0 Å². The molecule has 5 heteroatoms. The second-order valence-corrected chi connectivity index (χ2v) is 3.27. The van der Waals surface area contributed by atoms with Crippen LogP contribution in [-0.4, -0.2) is 23.3 Å². The summed E-state index contributed by atoms with van der Waals surface area (Å²) in [6, 6.07) is 7.56. The first-order chi connectivity index (χ1) is 7.70. The molecule has 0 unspecified atom stereocenters. The van der Waals surface area contributed by atoms with Crippen LogP contribution >= 0.6 is 0 Å². The van der Waals surface area contributed by atoms with E-state index in [-0.39, 0.29) is 5.89 Å². The lowest BCUT2D eigenvalue weighted by atomic mass is 10.1. The quantitative estimate of drug-likeness (QED) is 0.719. The van der Waals surface area contributed by atoms with Crippen LogP contribution < -0.4 is 0 Å². The van der Waals surface area contributed by atoms with Gasteiger partial charge in [-0.1, -0.05) is 17.7 Å². The molecule has 0 N–H and O–H groups in total. The summed E-state index contributed by atoms with van der Waals surface area (Å²) in [5.41, 5.74) is 1.91. The number of benzene rings is 1. The van der Waals surface area contributed by atoms with Crippen molar-refractivity contribution in [3.05, 3.63) is 35.7 Å². The van der Waals surface area contributed by atoms with Crippen molar-refractivity contribution < 1.29 is 13.9 Å². The van der Waals surface area contributed by atoms with Crippen molar-refractivity contribution in [1.29, 1.82) is 0 Å². The summed E-state index contributed by atoms with van der Waals surface area (Å²) >= 11 is 0. The van der Waals surface area contributed by atoms with Gasteiger partial charge in [0.15, 0.2) is 0 Å². The molecule has 0 fully saturated rings. The molecule has 0 saturated heterocycles. The Hall–Kier alpha value is -2.17. The van der Waals surface area contributed by atoms with E-state index in [4.69, 9.17) is 4.42 Å². The van der Waals surface area contributed by atoms with E-state index in [2.05, 4.69) is 14.9 Å². The van der Waals surface area contributed by atoms with Gasteiger partial charge in [-0.25, -0.2) is 4.79 Å². The standard InChI is InChI=1S/C11H10N2O3/c1-7-3-5-8(6-4-7)9-12-13-10(16-9)11(14)15-2/h3-6H,1-2H3. The molecule has 82 valence electrons. The van der Waals surface area contributed by atoms with E-state index in [0.29, 0.717) is 5.89 Å². The van der Waals surface area contributed by atoms with Crippen LogP contribution in [-0.2, 0) is 4.74 Å². The monoisotopic (exact) mass is 218 g/mol. The molecule has 16 heavy (non-hydrogen) atoms. The average Bonchev–Trinajstić information content (AvgIpc) is 2.78. The topological polar surface area (TPSA) is 65.2 Å². The number of nitrogens with zero attached hydrogens (tertiary/aromatic N) is 2. The fraction of sp³-hybridized carbons (Fsp3) is 0.182. The molecule has 0 saturated carbocycles. The van der Waals surface area contributed by atoms with Gasteiger partial charge in [0.25, 0.3) is 0 Å². The Labute approximate surface area is 92.1 Å². The molecule has 2 aromatic rings. The van der Waals surface area contributed by atoms with Gasteiger partial charge < -0.3 is 9.15 Å². The Balaban J connectivity index is 2.31. The molecule has 0 aliphatic carbocycles. The molecule has 0 spiro atoms. The van der Waals surface area contributed by atoms with Crippen LogP contribution in [0.2, 0.25) is 0 Å². The summed E-state index contributed by atoms with van der Waals surface area (Å²) in [6.45, 7) is 1.98. The summed E-state index contributed by atoms with van der Waals surface area (Å²) < 4.78 is 9.63. The summed E-state index contributed by atoms with van der Waals surface area (Å²) in [6.07, 6.45) is 0.